The molecule has 1 aromatic carbocycles. The maximum atomic E-state index is 13.3. The molecule has 4 heteroatoms. The third-order valence-corrected chi connectivity index (χ3v) is 2.29. The van der Waals surface area contributed by atoms with Gasteiger partial charge in [-0.3, -0.25) is 4.79 Å². The molecule has 0 aliphatic carbocycles. The van der Waals surface area contributed by atoms with Crippen LogP contribution in [0.2, 0.25) is 0 Å². The quantitative estimate of drug-likeness (QED) is 0.896. The minimum Gasteiger partial charge on any atom is -0.324 e. The summed E-state index contributed by atoms with van der Waals surface area (Å²) in [6, 6.07) is 4.55. The zero-order chi connectivity index (χ0) is 11.4. The monoisotopic (exact) mass is 273 g/mol. The lowest BCUT2D eigenvalue weighted by Crippen LogP contribution is -2.14. The highest BCUT2D eigenvalue weighted by atomic mass is 79.9. The van der Waals surface area contributed by atoms with E-state index in [-0.39, 0.29) is 17.5 Å². The van der Waals surface area contributed by atoms with Crippen LogP contribution >= 0.6 is 15.9 Å². The average Bonchev–Trinajstić information content (AvgIpc) is 2.08. The van der Waals surface area contributed by atoms with Gasteiger partial charge in [0.2, 0.25) is 5.91 Å². The standard InChI is InChI=1S/C11H13BrFNO/c1-7(2)5-11(15)14-10-4-3-8(12)6-9(10)13/h3-4,6-7H,5H2,1-2H3,(H,14,15). The van der Waals surface area contributed by atoms with Gasteiger partial charge in [-0.25, -0.2) is 4.39 Å². The topological polar surface area (TPSA) is 29.1 Å². The zero-order valence-corrected chi connectivity index (χ0v) is 10.3. The molecule has 1 rings (SSSR count). The molecule has 0 aromatic heterocycles. The normalized spacial score (nSPS) is 10.5. The Kier molecular flexibility index (Phi) is 4.27. The van der Waals surface area contributed by atoms with E-state index < -0.39 is 5.82 Å². The summed E-state index contributed by atoms with van der Waals surface area (Å²) in [7, 11) is 0. The molecule has 0 fully saturated rings. The number of amides is 1. The molecule has 1 N–H and O–H groups in total. The second-order valence-electron chi connectivity index (χ2n) is 3.77. The first-order valence-electron chi connectivity index (χ1n) is 4.74. The van der Waals surface area contributed by atoms with Gasteiger partial charge in [0.15, 0.2) is 0 Å². The molecule has 0 spiro atoms. The van der Waals surface area contributed by atoms with Crippen LogP contribution in [0.5, 0.6) is 0 Å². The number of halogens is 2. The Morgan fingerprint density at radius 2 is 2.20 bits per heavy atom. The fourth-order valence-corrected chi connectivity index (χ4v) is 1.50. The van der Waals surface area contributed by atoms with E-state index in [1.54, 1.807) is 6.07 Å². The Hall–Kier alpha value is -0.900. The summed E-state index contributed by atoms with van der Waals surface area (Å²) in [6.45, 7) is 3.88. The molecule has 0 atom stereocenters. The van der Waals surface area contributed by atoms with Gasteiger partial charge in [-0.1, -0.05) is 29.8 Å². The minimum absolute atomic E-state index is 0.161. The first-order chi connectivity index (χ1) is 6.99. The molecule has 15 heavy (non-hydrogen) atoms. The summed E-state index contributed by atoms with van der Waals surface area (Å²) in [5, 5.41) is 2.53. The summed E-state index contributed by atoms with van der Waals surface area (Å²) >= 11 is 3.15. The van der Waals surface area contributed by atoms with Gasteiger partial charge in [0.25, 0.3) is 0 Å². The van der Waals surface area contributed by atoms with Crippen molar-refractivity contribution < 1.29 is 9.18 Å². The van der Waals surface area contributed by atoms with E-state index in [1.807, 2.05) is 13.8 Å². The van der Waals surface area contributed by atoms with Gasteiger partial charge >= 0.3 is 0 Å². The Balaban J connectivity index is 2.68. The van der Waals surface area contributed by atoms with Gasteiger partial charge in [0, 0.05) is 10.9 Å². The molecule has 0 saturated heterocycles. The molecular formula is C11H13BrFNO. The fourth-order valence-electron chi connectivity index (χ4n) is 1.16. The van der Waals surface area contributed by atoms with Gasteiger partial charge in [-0.15, -0.1) is 0 Å². The lowest BCUT2D eigenvalue weighted by atomic mass is 10.1. The lowest BCUT2D eigenvalue weighted by Gasteiger charge is -2.08. The van der Waals surface area contributed by atoms with Crippen molar-refractivity contribution in [2.45, 2.75) is 20.3 Å². The van der Waals surface area contributed by atoms with Crippen molar-refractivity contribution in [1.29, 1.82) is 0 Å². The zero-order valence-electron chi connectivity index (χ0n) is 8.68. The molecule has 0 saturated carbocycles. The molecule has 0 heterocycles. The Morgan fingerprint density at radius 1 is 1.53 bits per heavy atom. The van der Waals surface area contributed by atoms with E-state index in [2.05, 4.69) is 21.2 Å². The van der Waals surface area contributed by atoms with Crippen LogP contribution in [0.4, 0.5) is 10.1 Å². The Bertz CT molecular complexity index is 366. The van der Waals surface area contributed by atoms with Crippen molar-refractivity contribution in [2.75, 3.05) is 5.32 Å². The van der Waals surface area contributed by atoms with E-state index >= 15 is 0 Å². The van der Waals surface area contributed by atoms with E-state index in [9.17, 15) is 9.18 Å². The van der Waals surface area contributed by atoms with Crippen LogP contribution in [0.1, 0.15) is 20.3 Å². The summed E-state index contributed by atoms with van der Waals surface area (Å²) in [6.07, 6.45) is 0.398. The largest absolute Gasteiger partial charge is 0.324 e. The van der Waals surface area contributed by atoms with Crippen molar-refractivity contribution in [2.24, 2.45) is 5.92 Å². The van der Waals surface area contributed by atoms with Crippen molar-refractivity contribution >= 4 is 27.5 Å². The van der Waals surface area contributed by atoms with Gasteiger partial charge < -0.3 is 5.32 Å². The number of benzene rings is 1. The highest BCUT2D eigenvalue weighted by Crippen LogP contribution is 2.19. The number of rotatable bonds is 3. The number of carbonyl (C=O) groups excluding carboxylic acids is 1. The Morgan fingerprint density at radius 3 is 2.73 bits per heavy atom. The molecule has 0 aliphatic heterocycles. The predicted molar refractivity (Wildman–Crippen MR) is 62.2 cm³/mol. The van der Waals surface area contributed by atoms with E-state index in [1.165, 1.54) is 12.1 Å². The second kappa shape index (κ2) is 5.26. The van der Waals surface area contributed by atoms with Crippen molar-refractivity contribution in [3.8, 4) is 0 Å². The first kappa shape index (κ1) is 12.2. The van der Waals surface area contributed by atoms with Crippen LogP contribution in [0.15, 0.2) is 22.7 Å². The Labute approximate surface area is 97.0 Å². The predicted octanol–water partition coefficient (Wildman–Crippen LogP) is 3.57. The van der Waals surface area contributed by atoms with E-state index in [0.29, 0.717) is 10.9 Å². The molecule has 0 aliphatic rings. The highest BCUT2D eigenvalue weighted by Gasteiger charge is 2.08. The van der Waals surface area contributed by atoms with Crippen LogP contribution in [0.3, 0.4) is 0 Å². The number of anilines is 1. The maximum absolute atomic E-state index is 13.3. The molecule has 82 valence electrons. The van der Waals surface area contributed by atoms with Crippen LogP contribution in [0, 0.1) is 11.7 Å². The number of hydrogen-bond acceptors (Lipinski definition) is 1. The third kappa shape index (κ3) is 4.00. The number of carbonyl (C=O) groups is 1. The van der Waals surface area contributed by atoms with Crippen LogP contribution < -0.4 is 5.32 Å². The third-order valence-electron chi connectivity index (χ3n) is 1.80. The van der Waals surface area contributed by atoms with Crippen molar-refractivity contribution in [3.63, 3.8) is 0 Å². The second-order valence-corrected chi connectivity index (χ2v) is 4.69. The first-order valence-corrected chi connectivity index (χ1v) is 5.53. The summed E-state index contributed by atoms with van der Waals surface area (Å²) in [5.41, 5.74) is 0.226. The van der Waals surface area contributed by atoms with Gasteiger partial charge in [0.05, 0.1) is 5.69 Å². The summed E-state index contributed by atoms with van der Waals surface area (Å²) < 4.78 is 14.0. The van der Waals surface area contributed by atoms with Gasteiger partial charge in [-0.2, -0.15) is 0 Å². The van der Waals surface area contributed by atoms with Gasteiger partial charge in [0.1, 0.15) is 5.82 Å². The van der Waals surface area contributed by atoms with Crippen LogP contribution in [0.25, 0.3) is 0 Å². The molecule has 0 radical (unpaired) electrons. The average molecular weight is 274 g/mol. The summed E-state index contributed by atoms with van der Waals surface area (Å²) in [4.78, 5) is 11.4. The smallest absolute Gasteiger partial charge is 0.224 e. The molecule has 0 bridgehead atoms. The van der Waals surface area contributed by atoms with Crippen LogP contribution in [-0.2, 0) is 4.79 Å². The molecule has 0 unspecified atom stereocenters. The number of hydrogen-bond donors (Lipinski definition) is 1. The molecular weight excluding hydrogens is 261 g/mol. The SMILES string of the molecule is CC(C)CC(=O)Nc1ccc(Br)cc1F. The fraction of sp³-hybridized carbons (Fsp3) is 0.364. The minimum atomic E-state index is -0.429. The van der Waals surface area contributed by atoms with E-state index in [0.717, 1.165) is 0 Å². The molecule has 2 nitrogen and oxygen atoms in total. The van der Waals surface area contributed by atoms with Crippen molar-refractivity contribution in [1.82, 2.24) is 0 Å². The van der Waals surface area contributed by atoms with E-state index in [4.69, 9.17) is 0 Å². The highest BCUT2D eigenvalue weighted by molar-refractivity contribution is 9.10. The summed E-state index contributed by atoms with van der Waals surface area (Å²) in [5.74, 6) is -0.323. The lowest BCUT2D eigenvalue weighted by molar-refractivity contribution is -0.116. The molecule has 1 aromatic rings. The molecule has 1 amide bonds. The van der Waals surface area contributed by atoms with Crippen molar-refractivity contribution in [3.05, 3.63) is 28.5 Å². The maximum Gasteiger partial charge on any atom is 0.224 e. The van der Waals surface area contributed by atoms with Gasteiger partial charge in [-0.05, 0) is 24.1 Å². The van der Waals surface area contributed by atoms with Crippen LogP contribution in [-0.4, -0.2) is 5.91 Å². The number of nitrogens with one attached hydrogen (secondary N) is 1.